The summed E-state index contributed by atoms with van der Waals surface area (Å²) < 4.78 is 5.45. The highest BCUT2D eigenvalue weighted by Gasteiger charge is 2.20. The molecule has 0 spiro atoms. The van der Waals surface area contributed by atoms with E-state index in [1.54, 1.807) is 9.75 Å². The van der Waals surface area contributed by atoms with E-state index in [0.717, 1.165) is 26.3 Å². The first-order chi connectivity index (χ1) is 13.1. The van der Waals surface area contributed by atoms with E-state index in [1.165, 1.54) is 50.6 Å². The fraction of sp³-hybridized carbons (Fsp3) is 0.583. The highest BCUT2D eigenvalue weighted by Crippen LogP contribution is 2.29. The molecule has 3 rings (SSSR count). The third-order valence-electron chi connectivity index (χ3n) is 5.71. The molecule has 2 nitrogen and oxygen atoms in total. The second-order valence-corrected chi connectivity index (χ2v) is 9.83. The van der Waals surface area contributed by atoms with Gasteiger partial charge >= 0.3 is 0 Å². The number of benzene rings is 1. The van der Waals surface area contributed by atoms with E-state index in [0.29, 0.717) is 5.41 Å². The Morgan fingerprint density at radius 3 is 2.29 bits per heavy atom. The minimum Gasteiger partial charge on any atom is -0.379 e. The highest BCUT2D eigenvalue weighted by atomic mass is 35.5. The van der Waals surface area contributed by atoms with Crippen LogP contribution in [0.3, 0.4) is 0 Å². The molecule has 0 saturated carbocycles. The molecule has 1 aliphatic heterocycles. The van der Waals surface area contributed by atoms with Crippen molar-refractivity contribution in [2.24, 2.45) is 5.41 Å². The van der Waals surface area contributed by atoms with Gasteiger partial charge in [0.15, 0.2) is 0 Å². The van der Waals surface area contributed by atoms with Gasteiger partial charge in [-0.2, -0.15) is 0 Å². The van der Waals surface area contributed by atoms with Gasteiger partial charge in [0, 0.05) is 22.8 Å². The lowest BCUT2D eigenvalue weighted by atomic mass is 9.84. The zero-order valence-corrected chi connectivity index (χ0v) is 19.1. The summed E-state index contributed by atoms with van der Waals surface area (Å²) in [5.74, 6) is 0. The Labute approximate surface area is 181 Å². The number of rotatable bonds is 10. The Morgan fingerprint density at radius 1 is 0.893 bits per heavy atom. The van der Waals surface area contributed by atoms with Crippen molar-refractivity contribution in [3.05, 3.63) is 57.8 Å². The highest BCUT2D eigenvalue weighted by molar-refractivity contribution is 7.11. The van der Waals surface area contributed by atoms with Crippen LogP contribution in [-0.2, 0) is 24.0 Å². The SMILES string of the molecule is CC(C)(CCc1ccc(CCCc2ccccc2)s1)CCN1CCOCC1.Cl. The molecule has 1 aromatic carbocycles. The van der Waals surface area contributed by atoms with Gasteiger partial charge in [-0.3, -0.25) is 4.90 Å². The molecule has 156 valence electrons. The number of nitrogens with zero attached hydrogens (tertiary/aromatic N) is 1. The Hall–Kier alpha value is -0.870. The third-order valence-corrected chi connectivity index (χ3v) is 6.91. The summed E-state index contributed by atoms with van der Waals surface area (Å²) in [5, 5.41) is 0. The van der Waals surface area contributed by atoms with Gasteiger partial charge in [0.2, 0.25) is 0 Å². The fourth-order valence-corrected chi connectivity index (χ4v) is 4.73. The molecule has 4 heteroatoms. The quantitative estimate of drug-likeness (QED) is 0.464. The van der Waals surface area contributed by atoms with Crippen molar-refractivity contribution in [1.29, 1.82) is 0 Å². The first kappa shape index (κ1) is 23.4. The Bertz CT molecular complexity index is 664. The molecule has 1 aliphatic rings. The first-order valence-electron chi connectivity index (χ1n) is 10.5. The van der Waals surface area contributed by atoms with Gasteiger partial charge in [0.05, 0.1) is 13.2 Å². The zero-order valence-electron chi connectivity index (χ0n) is 17.5. The topological polar surface area (TPSA) is 12.5 Å². The van der Waals surface area contributed by atoms with Crippen LogP contribution in [0.5, 0.6) is 0 Å². The van der Waals surface area contributed by atoms with Crippen molar-refractivity contribution in [2.45, 2.75) is 52.4 Å². The molecule has 28 heavy (non-hydrogen) atoms. The summed E-state index contributed by atoms with van der Waals surface area (Å²) in [6, 6.07) is 15.6. The summed E-state index contributed by atoms with van der Waals surface area (Å²) in [5.41, 5.74) is 1.87. The molecule has 0 unspecified atom stereocenters. The maximum absolute atomic E-state index is 5.45. The maximum Gasteiger partial charge on any atom is 0.0594 e. The van der Waals surface area contributed by atoms with Crippen LogP contribution in [0, 0.1) is 5.41 Å². The van der Waals surface area contributed by atoms with Gasteiger partial charge in [0.25, 0.3) is 0 Å². The van der Waals surface area contributed by atoms with Gasteiger partial charge in [0.1, 0.15) is 0 Å². The second kappa shape index (κ2) is 12.0. The second-order valence-electron chi connectivity index (χ2n) is 8.58. The minimum atomic E-state index is 0. The van der Waals surface area contributed by atoms with E-state index in [-0.39, 0.29) is 12.4 Å². The number of halogens is 1. The lowest BCUT2D eigenvalue weighted by Crippen LogP contribution is -2.38. The Kier molecular flexibility index (Phi) is 10.0. The molecule has 0 N–H and O–H groups in total. The lowest BCUT2D eigenvalue weighted by Gasteiger charge is -2.31. The molecule has 2 aromatic rings. The molecule has 0 aliphatic carbocycles. The molecule has 1 saturated heterocycles. The smallest absolute Gasteiger partial charge is 0.0594 e. The summed E-state index contributed by atoms with van der Waals surface area (Å²) in [4.78, 5) is 5.66. The maximum atomic E-state index is 5.45. The van der Waals surface area contributed by atoms with Crippen molar-refractivity contribution >= 4 is 23.7 Å². The predicted octanol–water partition coefficient (Wildman–Crippen LogP) is 6.03. The number of hydrogen-bond donors (Lipinski definition) is 0. The van der Waals surface area contributed by atoms with E-state index in [2.05, 4.69) is 61.2 Å². The summed E-state index contributed by atoms with van der Waals surface area (Å²) in [6.45, 7) is 10.1. The number of morpholine rings is 1. The number of hydrogen-bond acceptors (Lipinski definition) is 3. The molecule has 0 bridgehead atoms. The average Bonchev–Trinajstić information content (AvgIpc) is 3.15. The third kappa shape index (κ3) is 8.24. The summed E-state index contributed by atoms with van der Waals surface area (Å²) >= 11 is 2.03. The lowest BCUT2D eigenvalue weighted by molar-refractivity contribution is 0.0323. The largest absolute Gasteiger partial charge is 0.379 e. The van der Waals surface area contributed by atoms with Crippen LogP contribution in [0.2, 0.25) is 0 Å². The van der Waals surface area contributed by atoms with Crippen LogP contribution in [0.15, 0.2) is 42.5 Å². The molecule has 0 amide bonds. The van der Waals surface area contributed by atoms with Crippen LogP contribution in [0.25, 0.3) is 0 Å². The van der Waals surface area contributed by atoms with Crippen LogP contribution < -0.4 is 0 Å². The standard InChI is InChI=1S/C24H35NOS.ClH/c1-24(2,15-16-25-17-19-26-20-18-25)14-13-23-12-11-22(27-23)10-6-9-21-7-4-3-5-8-21;/h3-5,7-8,11-12H,6,9-10,13-20H2,1-2H3;1H. The molecule has 0 atom stereocenters. The molecule has 0 radical (unpaired) electrons. The van der Waals surface area contributed by atoms with E-state index < -0.39 is 0 Å². The van der Waals surface area contributed by atoms with Crippen LogP contribution >= 0.6 is 23.7 Å². The summed E-state index contributed by atoms with van der Waals surface area (Å²) in [7, 11) is 0. The van der Waals surface area contributed by atoms with Crippen molar-refractivity contribution in [2.75, 3.05) is 32.8 Å². The molecular formula is C24H36ClNOS. The zero-order chi connectivity index (χ0) is 19.0. The van der Waals surface area contributed by atoms with Gasteiger partial charge < -0.3 is 4.74 Å². The minimum absolute atomic E-state index is 0. The first-order valence-corrected chi connectivity index (χ1v) is 11.3. The number of thiophene rings is 1. The Balaban J connectivity index is 0.00000280. The van der Waals surface area contributed by atoms with Gasteiger partial charge in [-0.05, 0) is 68.2 Å². The van der Waals surface area contributed by atoms with Crippen molar-refractivity contribution in [3.63, 3.8) is 0 Å². The van der Waals surface area contributed by atoms with Crippen molar-refractivity contribution in [3.8, 4) is 0 Å². The van der Waals surface area contributed by atoms with Crippen molar-refractivity contribution in [1.82, 2.24) is 4.90 Å². The van der Waals surface area contributed by atoms with Crippen LogP contribution in [0.1, 0.15) is 48.4 Å². The molecule has 1 fully saturated rings. The molecular weight excluding hydrogens is 386 g/mol. The molecule has 2 heterocycles. The van der Waals surface area contributed by atoms with Gasteiger partial charge in [-0.1, -0.05) is 44.2 Å². The number of ether oxygens (including phenoxy) is 1. The Morgan fingerprint density at radius 2 is 1.57 bits per heavy atom. The van der Waals surface area contributed by atoms with Gasteiger partial charge in [-0.15, -0.1) is 23.7 Å². The predicted molar refractivity (Wildman–Crippen MR) is 124 cm³/mol. The van der Waals surface area contributed by atoms with Crippen molar-refractivity contribution < 1.29 is 4.74 Å². The summed E-state index contributed by atoms with van der Waals surface area (Å²) in [6.07, 6.45) is 7.42. The van der Waals surface area contributed by atoms with E-state index in [9.17, 15) is 0 Å². The molecule has 1 aromatic heterocycles. The number of aryl methyl sites for hydroxylation is 3. The van der Waals surface area contributed by atoms with E-state index in [1.807, 2.05) is 11.3 Å². The van der Waals surface area contributed by atoms with Crippen LogP contribution in [-0.4, -0.2) is 37.7 Å². The normalized spacial score (nSPS) is 15.4. The monoisotopic (exact) mass is 421 g/mol. The fourth-order valence-electron chi connectivity index (χ4n) is 3.67. The van der Waals surface area contributed by atoms with E-state index in [4.69, 9.17) is 4.74 Å². The van der Waals surface area contributed by atoms with Gasteiger partial charge in [-0.25, -0.2) is 0 Å². The van der Waals surface area contributed by atoms with E-state index >= 15 is 0 Å². The average molecular weight is 422 g/mol. The van der Waals surface area contributed by atoms with Crippen LogP contribution in [0.4, 0.5) is 0 Å².